The highest BCUT2D eigenvalue weighted by Gasteiger charge is 2.11. The van der Waals surface area contributed by atoms with E-state index in [1.807, 2.05) is 6.07 Å². The van der Waals surface area contributed by atoms with E-state index in [0.29, 0.717) is 12.1 Å². The van der Waals surface area contributed by atoms with Crippen molar-refractivity contribution in [1.82, 2.24) is 4.90 Å². The van der Waals surface area contributed by atoms with E-state index >= 15 is 0 Å². The molecule has 0 aliphatic carbocycles. The number of nitrogens with two attached hydrogens (primary N) is 1. The molecule has 0 fully saturated rings. The molecule has 0 spiro atoms. The lowest BCUT2D eigenvalue weighted by atomic mass is 10.1. The van der Waals surface area contributed by atoms with Gasteiger partial charge in [-0.2, -0.15) is 5.26 Å². The van der Waals surface area contributed by atoms with Gasteiger partial charge in [-0.1, -0.05) is 12.1 Å². The first-order valence-corrected chi connectivity index (χ1v) is 5.61. The zero-order valence-corrected chi connectivity index (χ0v) is 10.6. The summed E-state index contributed by atoms with van der Waals surface area (Å²) in [7, 11) is 1.30. The Morgan fingerprint density at radius 2 is 2.00 bits per heavy atom. The predicted octanol–water partition coefficient (Wildman–Crippen LogP) is 0.284. The van der Waals surface area contributed by atoms with Crippen LogP contribution in [0.15, 0.2) is 24.3 Å². The van der Waals surface area contributed by atoms with Crippen LogP contribution in [0.25, 0.3) is 0 Å². The van der Waals surface area contributed by atoms with Crippen LogP contribution in [-0.4, -0.2) is 37.0 Å². The Balaban J connectivity index is 2.70. The van der Waals surface area contributed by atoms with Gasteiger partial charge in [0.25, 0.3) is 0 Å². The molecule has 1 rings (SSSR count). The molecular weight excluding hydrogens is 246 g/mol. The number of nitrogens with zero attached hydrogens (tertiary/aromatic N) is 2. The second kappa shape index (κ2) is 7.13. The zero-order chi connectivity index (χ0) is 14.3. The van der Waals surface area contributed by atoms with Crippen molar-refractivity contribution in [3.05, 3.63) is 35.4 Å². The average Bonchev–Trinajstić information content (AvgIpc) is 2.39. The molecular formula is C13H15N3O3. The molecule has 0 radical (unpaired) electrons. The van der Waals surface area contributed by atoms with Crippen LogP contribution in [-0.2, 0) is 16.1 Å². The molecule has 0 aromatic heterocycles. The minimum atomic E-state index is -0.491. The van der Waals surface area contributed by atoms with E-state index in [2.05, 4.69) is 4.74 Å². The number of esters is 1. The molecule has 100 valence electrons. The normalized spacial score (nSPS) is 9.95. The van der Waals surface area contributed by atoms with Gasteiger partial charge in [0.15, 0.2) is 0 Å². The Hall–Kier alpha value is -2.39. The van der Waals surface area contributed by atoms with Gasteiger partial charge < -0.3 is 10.5 Å². The van der Waals surface area contributed by atoms with Crippen molar-refractivity contribution in [3.8, 4) is 6.07 Å². The number of primary amides is 1. The number of hydrogen-bond acceptors (Lipinski definition) is 5. The highest BCUT2D eigenvalue weighted by Crippen LogP contribution is 2.07. The number of nitriles is 1. The number of carbonyl (C=O) groups excluding carboxylic acids is 2. The highest BCUT2D eigenvalue weighted by molar-refractivity contribution is 5.92. The third-order valence-corrected chi connectivity index (χ3v) is 2.52. The molecule has 1 aromatic carbocycles. The first kappa shape index (κ1) is 14.7. The smallest absolute Gasteiger partial charge is 0.319 e. The summed E-state index contributed by atoms with van der Waals surface area (Å²) >= 11 is 0. The summed E-state index contributed by atoms with van der Waals surface area (Å²) < 4.78 is 4.56. The van der Waals surface area contributed by atoms with Crippen LogP contribution in [0.5, 0.6) is 0 Å². The van der Waals surface area contributed by atoms with Gasteiger partial charge in [0.05, 0.1) is 26.3 Å². The standard InChI is InChI=1S/C13H15N3O3/c1-19-12(17)9-16(7-6-14)8-10-2-4-11(5-3-10)13(15)18/h2-5H,7-9H2,1H3,(H2,15,18). The van der Waals surface area contributed by atoms with Gasteiger partial charge in [0, 0.05) is 12.1 Å². The maximum absolute atomic E-state index is 11.2. The van der Waals surface area contributed by atoms with Crippen LogP contribution >= 0.6 is 0 Å². The summed E-state index contributed by atoms with van der Waals surface area (Å²) in [6, 6.07) is 8.69. The fraction of sp³-hybridized carbons (Fsp3) is 0.308. The molecule has 1 aromatic rings. The molecule has 0 atom stereocenters. The lowest BCUT2D eigenvalue weighted by Gasteiger charge is -2.17. The van der Waals surface area contributed by atoms with Crippen molar-refractivity contribution in [2.24, 2.45) is 5.73 Å². The topological polar surface area (TPSA) is 96.4 Å². The Labute approximate surface area is 111 Å². The van der Waals surface area contributed by atoms with E-state index in [0.717, 1.165) is 5.56 Å². The van der Waals surface area contributed by atoms with Crippen LogP contribution in [0.2, 0.25) is 0 Å². The lowest BCUT2D eigenvalue weighted by molar-refractivity contribution is -0.141. The van der Waals surface area contributed by atoms with E-state index < -0.39 is 11.9 Å². The Morgan fingerprint density at radius 1 is 1.37 bits per heavy atom. The van der Waals surface area contributed by atoms with Crippen molar-refractivity contribution < 1.29 is 14.3 Å². The highest BCUT2D eigenvalue weighted by atomic mass is 16.5. The molecule has 0 aliphatic rings. The third-order valence-electron chi connectivity index (χ3n) is 2.52. The molecule has 0 saturated heterocycles. The summed E-state index contributed by atoms with van der Waals surface area (Å²) in [5, 5.41) is 8.71. The number of methoxy groups -OCH3 is 1. The second-order valence-electron chi connectivity index (χ2n) is 3.94. The van der Waals surface area contributed by atoms with E-state index in [-0.39, 0.29) is 13.1 Å². The van der Waals surface area contributed by atoms with Gasteiger partial charge in [-0.15, -0.1) is 0 Å². The molecule has 0 bridgehead atoms. The molecule has 0 aliphatic heterocycles. The van der Waals surface area contributed by atoms with Crippen molar-refractivity contribution in [2.75, 3.05) is 20.2 Å². The molecule has 1 amide bonds. The second-order valence-corrected chi connectivity index (χ2v) is 3.94. The largest absolute Gasteiger partial charge is 0.468 e. The minimum Gasteiger partial charge on any atom is -0.468 e. The van der Waals surface area contributed by atoms with Gasteiger partial charge in [0.2, 0.25) is 5.91 Å². The van der Waals surface area contributed by atoms with Crippen LogP contribution in [0.1, 0.15) is 15.9 Å². The summed E-state index contributed by atoms with van der Waals surface area (Å²) in [5.41, 5.74) is 6.44. The van der Waals surface area contributed by atoms with Gasteiger partial charge >= 0.3 is 5.97 Å². The number of ether oxygens (including phenoxy) is 1. The summed E-state index contributed by atoms with van der Waals surface area (Å²) in [4.78, 5) is 23.8. The Kier molecular flexibility index (Phi) is 5.51. The monoisotopic (exact) mass is 261 g/mol. The van der Waals surface area contributed by atoms with Gasteiger partial charge in [-0.05, 0) is 17.7 Å². The van der Waals surface area contributed by atoms with Gasteiger partial charge in [0.1, 0.15) is 0 Å². The molecule has 6 heteroatoms. The zero-order valence-electron chi connectivity index (χ0n) is 10.6. The van der Waals surface area contributed by atoms with Crippen molar-refractivity contribution in [3.63, 3.8) is 0 Å². The first-order chi connectivity index (χ1) is 9.06. The van der Waals surface area contributed by atoms with Gasteiger partial charge in [-0.3, -0.25) is 14.5 Å². The minimum absolute atomic E-state index is 0.0433. The Morgan fingerprint density at radius 3 is 2.47 bits per heavy atom. The van der Waals surface area contributed by atoms with Crippen LogP contribution in [0.3, 0.4) is 0 Å². The van der Waals surface area contributed by atoms with E-state index in [1.54, 1.807) is 29.2 Å². The van der Waals surface area contributed by atoms with E-state index in [9.17, 15) is 9.59 Å². The number of carbonyl (C=O) groups is 2. The number of benzene rings is 1. The van der Waals surface area contributed by atoms with Crippen LogP contribution < -0.4 is 5.73 Å². The van der Waals surface area contributed by atoms with Gasteiger partial charge in [-0.25, -0.2) is 0 Å². The number of rotatable bonds is 6. The third kappa shape index (κ3) is 4.77. The summed E-state index contributed by atoms with van der Waals surface area (Å²) in [6.45, 7) is 0.579. The molecule has 0 unspecified atom stereocenters. The fourth-order valence-electron chi connectivity index (χ4n) is 1.55. The molecule has 6 nitrogen and oxygen atoms in total. The lowest BCUT2D eigenvalue weighted by Crippen LogP contribution is -2.30. The maximum Gasteiger partial charge on any atom is 0.319 e. The SMILES string of the molecule is COC(=O)CN(CC#N)Cc1ccc(C(N)=O)cc1. The molecule has 19 heavy (non-hydrogen) atoms. The maximum atomic E-state index is 11.2. The number of amides is 1. The van der Waals surface area contributed by atoms with Crippen molar-refractivity contribution >= 4 is 11.9 Å². The molecule has 0 saturated carbocycles. The quantitative estimate of drug-likeness (QED) is 0.586. The first-order valence-electron chi connectivity index (χ1n) is 5.61. The van der Waals surface area contributed by atoms with Crippen molar-refractivity contribution in [1.29, 1.82) is 5.26 Å². The molecule has 0 heterocycles. The Bertz CT molecular complexity index is 491. The predicted molar refractivity (Wildman–Crippen MR) is 67.9 cm³/mol. The van der Waals surface area contributed by atoms with Crippen molar-refractivity contribution in [2.45, 2.75) is 6.54 Å². The van der Waals surface area contributed by atoms with Crippen LogP contribution in [0, 0.1) is 11.3 Å². The fourth-order valence-corrected chi connectivity index (χ4v) is 1.55. The van der Waals surface area contributed by atoms with Crippen LogP contribution in [0.4, 0.5) is 0 Å². The summed E-state index contributed by atoms with van der Waals surface area (Å²) in [5.74, 6) is -0.890. The average molecular weight is 261 g/mol. The molecule has 2 N–H and O–H groups in total. The van der Waals surface area contributed by atoms with E-state index in [1.165, 1.54) is 7.11 Å². The number of hydrogen-bond donors (Lipinski definition) is 1. The van der Waals surface area contributed by atoms with E-state index in [4.69, 9.17) is 11.0 Å². The summed E-state index contributed by atoms with van der Waals surface area (Å²) in [6.07, 6.45) is 0.